The smallest absolute Gasteiger partial charge is 0.222 e. The van der Waals surface area contributed by atoms with Gasteiger partial charge in [-0.25, -0.2) is 0 Å². The first-order valence-electron chi connectivity index (χ1n) is 6.91. The highest BCUT2D eigenvalue weighted by Gasteiger charge is 2.16. The molecule has 4 heteroatoms. The molecule has 0 saturated carbocycles. The second-order valence-electron chi connectivity index (χ2n) is 4.75. The number of rotatable bonds is 8. The van der Waals surface area contributed by atoms with Crippen LogP contribution in [0.3, 0.4) is 0 Å². The second-order valence-corrected chi connectivity index (χ2v) is 4.75. The summed E-state index contributed by atoms with van der Waals surface area (Å²) in [5.41, 5.74) is 5.41. The molecule has 0 bridgehead atoms. The van der Waals surface area contributed by atoms with E-state index in [-0.39, 0.29) is 12.0 Å². The van der Waals surface area contributed by atoms with Gasteiger partial charge in [-0.1, -0.05) is 12.8 Å². The fourth-order valence-corrected chi connectivity index (χ4v) is 2.10. The Morgan fingerprint density at radius 3 is 2.76 bits per heavy atom. The van der Waals surface area contributed by atoms with Crippen LogP contribution in [0.4, 0.5) is 0 Å². The van der Waals surface area contributed by atoms with Crippen molar-refractivity contribution in [3.8, 4) is 0 Å². The predicted octanol–water partition coefficient (Wildman–Crippen LogP) is 1.58. The fraction of sp³-hybridized carbons (Fsp3) is 0.923. The molecule has 1 aliphatic rings. The van der Waals surface area contributed by atoms with Crippen molar-refractivity contribution in [3.63, 3.8) is 0 Å². The molecule has 4 nitrogen and oxygen atoms in total. The SMILES string of the molecule is NCCCCCCNC(=O)CC1CCCCO1. The number of amides is 1. The molecule has 1 fully saturated rings. The molecule has 1 heterocycles. The van der Waals surface area contributed by atoms with Gasteiger partial charge in [-0.15, -0.1) is 0 Å². The molecule has 0 aromatic carbocycles. The largest absolute Gasteiger partial charge is 0.378 e. The van der Waals surface area contributed by atoms with Gasteiger partial charge in [0.2, 0.25) is 5.91 Å². The zero-order valence-corrected chi connectivity index (χ0v) is 10.7. The highest BCUT2D eigenvalue weighted by molar-refractivity contribution is 5.76. The van der Waals surface area contributed by atoms with Crippen molar-refractivity contribution in [2.75, 3.05) is 19.7 Å². The van der Waals surface area contributed by atoms with Crippen molar-refractivity contribution in [1.82, 2.24) is 5.32 Å². The van der Waals surface area contributed by atoms with E-state index >= 15 is 0 Å². The number of carbonyl (C=O) groups excluding carboxylic acids is 1. The van der Waals surface area contributed by atoms with Gasteiger partial charge in [-0.2, -0.15) is 0 Å². The zero-order valence-electron chi connectivity index (χ0n) is 10.7. The van der Waals surface area contributed by atoms with Crippen LogP contribution in [0.1, 0.15) is 51.4 Å². The van der Waals surface area contributed by atoms with Crippen LogP contribution in [0, 0.1) is 0 Å². The topological polar surface area (TPSA) is 64.3 Å². The van der Waals surface area contributed by atoms with Crippen molar-refractivity contribution in [3.05, 3.63) is 0 Å². The van der Waals surface area contributed by atoms with Gasteiger partial charge in [0.15, 0.2) is 0 Å². The van der Waals surface area contributed by atoms with E-state index in [1.165, 1.54) is 6.42 Å². The molecular formula is C13H26N2O2. The molecule has 1 atom stereocenters. The third-order valence-corrected chi connectivity index (χ3v) is 3.14. The maximum Gasteiger partial charge on any atom is 0.222 e. The minimum atomic E-state index is 0.135. The van der Waals surface area contributed by atoms with Gasteiger partial charge in [0, 0.05) is 13.2 Å². The minimum absolute atomic E-state index is 0.135. The maximum absolute atomic E-state index is 11.6. The molecule has 1 unspecified atom stereocenters. The zero-order chi connectivity index (χ0) is 12.3. The van der Waals surface area contributed by atoms with Crippen LogP contribution in [-0.2, 0) is 9.53 Å². The first kappa shape index (κ1) is 14.5. The van der Waals surface area contributed by atoms with E-state index < -0.39 is 0 Å². The van der Waals surface area contributed by atoms with E-state index in [1.54, 1.807) is 0 Å². The summed E-state index contributed by atoms with van der Waals surface area (Å²) in [5, 5.41) is 2.96. The Kier molecular flexibility index (Phi) is 8.01. The van der Waals surface area contributed by atoms with E-state index in [2.05, 4.69) is 5.32 Å². The monoisotopic (exact) mass is 242 g/mol. The number of unbranched alkanes of at least 4 members (excludes halogenated alkanes) is 3. The van der Waals surface area contributed by atoms with Crippen molar-refractivity contribution < 1.29 is 9.53 Å². The Morgan fingerprint density at radius 2 is 2.06 bits per heavy atom. The van der Waals surface area contributed by atoms with E-state index in [0.29, 0.717) is 6.42 Å². The molecule has 1 amide bonds. The van der Waals surface area contributed by atoms with Crippen LogP contribution in [0.25, 0.3) is 0 Å². The molecule has 0 aromatic heterocycles. The first-order valence-corrected chi connectivity index (χ1v) is 6.91. The van der Waals surface area contributed by atoms with Crippen LogP contribution < -0.4 is 11.1 Å². The van der Waals surface area contributed by atoms with Gasteiger partial charge in [0.05, 0.1) is 12.5 Å². The molecule has 0 spiro atoms. The van der Waals surface area contributed by atoms with Gasteiger partial charge < -0.3 is 15.8 Å². The van der Waals surface area contributed by atoms with Crippen molar-refractivity contribution >= 4 is 5.91 Å². The van der Waals surface area contributed by atoms with E-state index in [4.69, 9.17) is 10.5 Å². The van der Waals surface area contributed by atoms with E-state index in [0.717, 1.165) is 58.2 Å². The summed E-state index contributed by atoms with van der Waals surface area (Å²) in [4.78, 5) is 11.6. The van der Waals surface area contributed by atoms with Gasteiger partial charge in [-0.3, -0.25) is 4.79 Å². The normalized spacial score (nSPS) is 20.2. The van der Waals surface area contributed by atoms with Gasteiger partial charge in [0.1, 0.15) is 0 Å². The third-order valence-electron chi connectivity index (χ3n) is 3.14. The Morgan fingerprint density at radius 1 is 1.24 bits per heavy atom. The average molecular weight is 242 g/mol. The Balaban J connectivity index is 1.93. The summed E-state index contributed by atoms with van der Waals surface area (Å²) in [7, 11) is 0. The summed E-state index contributed by atoms with van der Waals surface area (Å²) in [5.74, 6) is 0.135. The Hall–Kier alpha value is -0.610. The molecule has 1 saturated heterocycles. The molecule has 17 heavy (non-hydrogen) atoms. The van der Waals surface area contributed by atoms with Crippen LogP contribution >= 0.6 is 0 Å². The molecule has 3 N–H and O–H groups in total. The Bertz CT molecular complexity index is 204. The molecule has 0 aromatic rings. The lowest BCUT2D eigenvalue weighted by Gasteiger charge is -2.21. The fourth-order valence-electron chi connectivity index (χ4n) is 2.10. The summed E-state index contributed by atoms with van der Waals surface area (Å²) >= 11 is 0. The number of carbonyl (C=O) groups is 1. The molecule has 0 aliphatic carbocycles. The molecule has 1 rings (SSSR count). The first-order chi connectivity index (χ1) is 8.33. The van der Waals surface area contributed by atoms with Crippen LogP contribution in [0.2, 0.25) is 0 Å². The lowest BCUT2D eigenvalue weighted by atomic mass is 10.1. The molecule has 0 radical (unpaired) electrons. The molecular weight excluding hydrogens is 216 g/mol. The second kappa shape index (κ2) is 9.42. The van der Waals surface area contributed by atoms with Gasteiger partial charge >= 0.3 is 0 Å². The number of ether oxygens (including phenoxy) is 1. The van der Waals surface area contributed by atoms with Crippen LogP contribution in [0.5, 0.6) is 0 Å². The summed E-state index contributed by atoms with van der Waals surface area (Å²) in [6.07, 6.45) is 8.50. The minimum Gasteiger partial charge on any atom is -0.378 e. The van der Waals surface area contributed by atoms with E-state index in [9.17, 15) is 4.79 Å². The molecule has 1 aliphatic heterocycles. The quantitative estimate of drug-likeness (QED) is 0.635. The Labute approximate surface area is 104 Å². The molecule has 100 valence electrons. The highest BCUT2D eigenvalue weighted by Crippen LogP contribution is 2.15. The predicted molar refractivity (Wildman–Crippen MR) is 68.7 cm³/mol. The van der Waals surface area contributed by atoms with Gasteiger partial charge in [-0.05, 0) is 38.6 Å². The van der Waals surface area contributed by atoms with Crippen molar-refractivity contribution in [1.29, 1.82) is 0 Å². The van der Waals surface area contributed by atoms with E-state index in [1.807, 2.05) is 0 Å². The van der Waals surface area contributed by atoms with Crippen molar-refractivity contribution in [2.24, 2.45) is 5.73 Å². The summed E-state index contributed by atoms with van der Waals surface area (Å²) < 4.78 is 5.53. The summed E-state index contributed by atoms with van der Waals surface area (Å²) in [6, 6.07) is 0. The third kappa shape index (κ3) is 7.34. The number of nitrogens with two attached hydrogens (primary N) is 1. The van der Waals surface area contributed by atoms with Crippen LogP contribution in [0.15, 0.2) is 0 Å². The highest BCUT2D eigenvalue weighted by atomic mass is 16.5. The van der Waals surface area contributed by atoms with Crippen LogP contribution in [-0.4, -0.2) is 31.7 Å². The lowest BCUT2D eigenvalue weighted by Crippen LogP contribution is -2.31. The maximum atomic E-state index is 11.6. The standard InChI is InChI=1S/C13H26N2O2/c14-8-4-1-2-5-9-15-13(16)11-12-7-3-6-10-17-12/h12H,1-11,14H2,(H,15,16). The lowest BCUT2D eigenvalue weighted by molar-refractivity contribution is -0.124. The summed E-state index contributed by atoms with van der Waals surface area (Å²) in [6.45, 7) is 2.37. The average Bonchev–Trinajstić information content (AvgIpc) is 2.35. The van der Waals surface area contributed by atoms with Crippen molar-refractivity contribution in [2.45, 2.75) is 57.5 Å². The van der Waals surface area contributed by atoms with Gasteiger partial charge in [0.25, 0.3) is 0 Å². The number of hydrogen-bond acceptors (Lipinski definition) is 3. The number of nitrogens with one attached hydrogen (secondary N) is 1. The number of hydrogen-bond donors (Lipinski definition) is 2.